The standard InChI is InChI=1S/C13H15ClN6S/c1-8-15-12-11-9(7-10(14)21-11)16-13(20(12)17-8)19-5-3-18(2)4-6-19/h7H,3-6H2,1-2H3. The van der Waals surface area contributed by atoms with Crippen LogP contribution in [-0.4, -0.2) is 57.7 Å². The lowest BCUT2D eigenvalue weighted by atomic mass is 10.3. The molecule has 1 aliphatic rings. The lowest BCUT2D eigenvalue weighted by Crippen LogP contribution is -2.45. The number of thiophene rings is 1. The fourth-order valence-electron chi connectivity index (χ4n) is 2.66. The van der Waals surface area contributed by atoms with Gasteiger partial charge in [-0.2, -0.15) is 4.52 Å². The SMILES string of the molecule is Cc1nc2c3sc(Cl)cc3nc(N3CCN(C)CC3)n2n1. The number of rotatable bonds is 1. The van der Waals surface area contributed by atoms with Crippen LogP contribution in [0, 0.1) is 6.92 Å². The highest BCUT2D eigenvalue weighted by molar-refractivity contribution is 7.23. The molecule has 3 aromatic rings. The number of likely N-dealkylation sites (N-methyl/N-ethyl adjacent to an activating group) is 1. The van der Waals surface area contributed by atoms with Crippen LogP contribution in [0.5, 0.6) is 0 Å². The zero-order valence-electron chi connectivity index (χ0n) is 11.9. The fourth-order valence-corrected chi connectivity index (χ4v) is 3.80. The Balaban J connectivity index is 1.93. The molecule has 0 radical (unpaired) electrons. The molecule has 0 amide bonds. The van der Waals surface area contributed by atoms with E-state index >= 15 is 0 Å². The van der Waals surface area contributed by atoms with Crippen molar-refractivity contribution in [3.63, 3.8) is 0 Å². The van der Waals surface area contributed by atoms with E-state index in [9.17, 15) is 0 Å². The molecule has 0 saturated carbocycles. The summed E-state index contributed by atoms with van der Waals surface area (Å²) in [5, 5.41) is 4.52. The smallest absolute Gasteiger partial charge is 0.229 e. The van der Waals surface area contributed by atoms with Gasteiger partial charge >= 0.3 is 0 Å². The van der Waals surface area contributed by atoms with Gasteiger partial charge in [0.25, 0.3) is 0 Å². The molecular formula is C13H15ClN6S. The first-order valence-electron chi connectivity index (χ1n) is 6.88. The molecule has 21 heavy (non-hydrogen) atoms. The second kappa shape index (κ2) is 4.79. The van der Waals surface area contributed by atoms with E-state index in [2.05, 4.69) is 26.9 Å². The number of anilines is 1. The highest BCUT2D eigenvalue weighted by atomic mass is 35.5. The molecule has 0 unspecified atom stereocenters. The van der Waals surface area contributed by atoms with Crippen LogP contribution in [0.4, 0.5) is 5.95 Å². The second-order valence-corrected chi connectivity index (χ2v) is 7.04. The van der Waals surface area contributed by atoms with Crippen molar-refractivity contribution < 1.29 is 0 Å². The van der Waals surface area contributed by atoms with E-state index in [0.717, 1.165) is 58.2 Å². The van der Waals surface area contributed by atoms with Gasteiger partial charge in [-0.05, 0) is 20.0 Å². The molecule has 1 saturated heterocycles. The maximum absolute atomic E-state index is 6.15. The van der Waals surface area contributed by atoms with E-state index < -0.39 is 0 Å². The first-order chi connectivity index (χ1) is 10.1. The Morgan fingerprint density at radius 1 is 1.19 bits per heavy atom. The Morgan fingerprint density at radius 2 is 1.95 bits per heavy atom. The van der Waals surface area contributed by atoms with Crippen LogP contribution in [0.1, 0.15) is 5.82 Å². The number of nitrogens with zero attached hydrogens (tertiary/aromatic N) is 6. The van der Waals surface area contributed by atoms with E-state index in [1.807, 2.05) is 17.5 Å². The van der Waals surface area contributed by atoms with Crippen LogP contribution < -0.4 is 4.90 Å². The predicted molar refractivity (Wildman–Crippen MR) is 85.6 cm³/mol. The zero-order chi connectivity index (χ0) is 14.6. The highest BCUT2D eigenvalue weighted by Gasteiger charge is 2.21. The third-order valence-electron chi connectivity index (χ3n) is 3.79. The molecule has 8 heteroatoms. The highest BCUT2D eigenvalue weighted by Crippen LogP contribution is 2.33. The van der Waals surface area contributed by atoms with Crippen molar-refractivity contribution in [1.82, 2.24) is 24.5 Å². The van der Waals surface area contributed by atoms with Gasteiger partial charge in [-0.25, -0.2) is 9.97 Å². The van der Waals surface area contributed by atoms with Crippen LogP contribution in [-0.2, 0) is 0 Å². The van der Waals surface area contributed by atoms with Gasteiger partial charge in [0.15, 0.2) is 5.65 Å². The van der Waals surface area contributed by atoms with Crippen molar-refractivity contribution in [3.8, 4) is 0 Å². The van der Waals surface area contributed by atoms with E-state index in [-0.39, 0.29) is 0 Å². The van der Waals surface area contributed by atoms with Crippen molar-refractivity contribution in [3.05, 3.63) is 16.2 Å². The summed E-state index contributed by atoms with van der Waals surface area (Å²) in [6.07, 6.45) is 0. The van der Waals surface area contributed by atoms with Gasteiger partial charge in [-0.3, -0.25) is 0 Å². The van der Waals surface area contributed by atoms with Gasteiger partial charge in [0.2, 0.25) is 5.95 Å². The van der Waals surface area contributed by atoms with Crippen LogP contribution >= 0.6 is 22.9 Å². The fraction of sp³-hybridized carbons (Fsp3) is 0.462. The van der Waals surface area contributed by atoms with Gasteiger partial charge in [0.1, 0.15) is 5.82 Å². The molecule has 0 aromatic carbocycles. The minimum atomic E-state index is 0.732. The third kappa shape index (κ3) is 2.16. The Hall–Kier alpha value is -1.44. The predicted octanol–water partition coefficient (Wildman–Crippen LogP) is 2.05. The molecular weight excluding hydrogens is 308 g/mol. The van der Waals surface area contributed by atoms with Crippen molar-refractivity contribution in [1.29, 1.82) is 0 Å². The van der Waals surface area contributed by atoms with Crippen LogP contribution in [0.3, 0.4) is 0 Å². The number of fused-ring (bicyclic) bond motifs is 3. The quantitative estimate of drug-likeness (QED) is 0.686. The summed E-state index contributed by atoms with van der Waals surface area (Å²) in [5.41, 5.74) is 1.75. The number of aryl methyl sites for hydroxylation is 1. The van der Waals surface area contributed by atoms with Crippen LogP contribution in [0.15, 0.2) is 6.07 Å². The number of halogens is 1. The van der Waals surface area contributed by atoms with Crippen molar-refractivity contribution in [2.45, 2.75) is 6.92 Å². The molecule has 0 N–H and O–H groups in total. The van der Waals surface area contributed by atoms with Gasteiger partial charge in [0.05, 0.1) is 14.6 Å². The molecule has 0 atom stereocenters. The van der Waals surface area contributed by atoms with Crippen LogP contribution in [0.25, 0.3) is 15.9 Å². The Labute approximate surface area is 131 Å². The van der Waals surface area contributed by atoms with E-state index in [1.54, 1.807) is 0 Å². The van der Waals surface area contributed by atoms with E-state index in [1.165, 1.54) is 11.3 Å². The maximum Gasteiger partial charge on any atom is 0.229 e. The number of piperazine rings is 1. The molecule has 1 aliphatic heterocycles. The second-order valence-electron chi connectivity index (χ2n) is 5.36. The normalized spacial score (nSPS) is 17.2. The third-order valence-corrected chi connectivity index (χ3v) is 5.04. The lowest BCUT2D eigenvalue weighted by molar-refractivity contribution is 0.310. The summed E-state index contributed by atoms with van der Waals surface area (Å²) >= 11 is 7.65. The minimum absolute atomic E-state index is 0.732. The van der Waals surface area contributed by atoms with Crippen LogP contribution in [0.2, 0.25) is 4.34 Å². The van der Waals surface area contributed by atoms with E-state index in [0.29, 0.717) is 0 Å². The number of aromatic nitrogens is 4. The molecule has 0 aliphatic carbocycles. The van der Waals surface area contributed by atoms with Gasteiger partial charge < -0.3 is 9.80 Å². The first kappa shape index (κ1) is 13.2. The molecule has 0 spiro atoms. The summed E-state index contributed by atoms with van der Waals surface area (Å²) in [4.78, 5) is 13.9. The largest absolute Gasteiger partial charge is 0.338 e. The van der Waals surface area contributed by atoms with E-state index in [4.69, 9.17) is 16.6 Å². The summed E-state index contributed by atoms with van der Waals surface area (Å²) in [7, 11) is 2.14. The van der Waals surface area contributed by atoms with Crippen molar-refractivity contribution >= 4 is 44.7 Å². The Bertz CT molecular complexity index is 817. The summed E-state index contributed by atoms with van der Waals surface area (Å²) < 4.78 is 3.59. The minimum Gasteiger partial charge on any atom is -0.338 e. The molecule has 1 fully saturated rings. The van der Waals surface area contributed by atoms with Gasteiger partial charge in [-0.1, -0.05) is 11.6 Å². The Morgan fingerprint density at radius 3 is 2.71 bits per heavy atom. The first-order valence-corrected chi connectivity index (χ1v) is 8.07. The summed E-state index contributed by atoms with van der Waals surface area (Å²) in [6, 6.07) is 1.91. The molecule has 110 valence electrons. The molecule has 4 heterocycles. The number of hydrogen-bond donors (Lipinski definition) is 0. The van der Waals surface area contributed by atoms with Crippen molar-refractivity contribution in [2.24, 2.45) is 0 Å². The topological polar surface area (TPSA) is 49.6 Å². The number of hydrogen-bond acceptors (Lipinski definition) is 6. The zero-order valence-corrected chi connectivity index (χ0v) is 13.4. The monoisotopic (exact) mass is 322 g/mol. The molecule has 4 rings (SSSR count). The molecule has 3 aromatic heterocycles. The molecule has 0 bridgehead atoms. The maximum atomic E-state index is 6.15. The average Bonchev–Trinajstić information content (AvgIpc) is 3.00. The van der Waals surface area contributed by atoms with Gasteiger partial charge in [0, 0.05) is 26.2 Å². The van der Waals surface area contributed by atoms with Gasteiger partial charge in [-0.15, -0.1) is 16.4 Å². The summed E-state index contributed by atoms with van der Waals surface area (Å²) in [5.74, 6) is 1.62. The Kier molecular flexibility index (Phi) is 3.02. The lowest BCUT2D eigenvalue weighted by Gasteiger charge is -2.32. The summed E-state index contributed by atoms with van der Waals surface area (Å²) in [6.45, 7) is 5.85. The average molecular weight is 323 g/mol. The van der Waals surface area contributed by atoms with Crippen molar-refractivity contribution in [2.75, 3.05) is 38.1 Å². The molecule has 6 nitrogen and oxygen atoms in total.